The van der Waals surface area contributed by atoms with Gasteiger partial charge in [-0.05, 0) is 26.0 Å². The fourth-order valence-electron chi connectivity index (χ4n) is 1.25. The molecule has 2 unspecified atom stereocenters. The maximum atomic E-state index is 11.4. The summed E-state index contributed by atoms with van der Waals surface area (Å²) >= 11 is 1.54. The van der Waals surface area contributed by atoms with Gasteiger partial charge in [-0.2, -0.15) is 11.8 Å². The highest BCUT2D eigenvalue weighted by atomic mass is 32.2. The minimum absolute atomic E-state index is 0.0107. The molecule has 0 rings (SSSR count). The molecule has 0 fully saturated rings. The van der Waals surface area contributed by atoms with E-state index in [0.717, 1.165) is 0 Å². The van der Waals surface area contributed by atoms with E-state index in [1.54, 1.807) is 11.8 Å². The van der Waals surface area contributed by atoms with E-state index in [9.17, 15) is 4.79 Å². The Morgan fingerprint density at radius 2 is 2.07 bits per heavy atom. The zero-order chi connectivity index (χ0) is 11.7. The molecular weight excluding hydrogens is 214 g/mol. The second kappa shape index (κ2) is 9.00. The molecule has 0 saturated carbocycles. The Balaban J connectivity index is 3.74. The van der Waals surface area contributed by atoms with Crippen molar-refractivity contribution in [3.63, 3.8) is 0 Å². The van der Waals surface area contributed by atoms with Crippen LogP contribution >= 0.6 is 11.8 Å². The van der Waals surface area contributed by atoms with Crippen LogP contribution in [0.4, 0.5) is 0 Å². The number of rotatable bonds is 8. The van der Waals surface area contributed by atoms with Gasteiger partial charge in [0.2, 0.25) is 5.91 Å². The number of carbonyl (C=O) groups is 1. The minimum atomic E-state index is -0.0216. The number of amides is 1. The van der Waals surface area contributed by atoms with Gasteiger partial charge in [-0.25, -0.2) is 0 Å². The van der Waals surface area contributed by atoms with Crippen molar-refractivity contribution in [1.29, 1.82) is 0 Å². The van der Waals surface area contributed by atoms with Crippen LogP contribution in [-0.2, 0) is 4.79 Å². The Labute approximate surface area is 95.4 Å². The average Bonchev–Trinajstić information content (AvgIpc) is 2.20. The molecule has 2 atom stereocenters. The van der Waals surface area contributed by atoms with Crippen LogP contribution in [0.25, 0.3) is 0 Å². The molecule has 5 heteroatoms. The van der Waals surface area contributed by atoms with Gasteiger partial charge in [0.05, 0.1) is 6.61 Å². The van der Waals surface area contributed by atoms with E-state index in [0.29, 0.717) is 19.3 Å². The van der Waals surface area contributed by atoms with Crippen LogP contribution in [0.2, 0.25) is 0 Å². The number of aliphatic hydroxyl groups is 2. The van der Waals surface area contributed by atoms with Crippen molar-refractivity contribution in [3.8, 4) is 0 Å². The standard InChI is InChI=1S/C10H21NO3S/c1-8(9(7-13)15-2)11-10(14)5-3-4-6-12/h8-9,12-13H,3-7H2,1-2H3,(H,11,14). The molecule has 0 bridgehead atoms. The van der Waals surface area contributed by atoms with Crippen LogP contribution in [-0.4, -0.2) is 46.9 Å². The first-order valence-corrected chi connectivity index (χ1v) is 6.48. The molecule has 1 amide bonds. The lowest BCUT2D eigenvalue weighted by Gasteiger charge is -2.21. The summed E-state index contributed by atoms with van der Waals surface area (Å²) < 4.78 is 0. The Hall–Kier alpha value is -0.260. The minimum Gasteiger partial charge on any atom is -0.396 e. The summed E-state index contributed by atoms with van der Waals surface area (Å²) in [5.74, 6) is -0.0107. The summed E-state index contributed by atoms with van der Waals surface area (Å²) in [6.45, 7) is 2.09. The second-order valence-electron chi connectivity index (χ2n) is 3.49. The number of aliphatic hydroxyl groups excluding tert-OH is 2. The molecule has 15 heavy (non-hydrogen) atoms. The highest BCUT2D eigenvalue weighted by Gasteiger charge is 2.16. The molecule has 0 heterocycles. The van der Waals surface area contributed by atoms with Gasteiger partial charge in [0.15, 0.2) is 0 Å². The fourth-order valence-corrected chi connectivity index (χ4v) is 1.88. The van der Waals surface area contributed by atoms with Crippen LogP contribution in [0.15, 0.2) is 0 Å². The number of carbonyl (C=O) groups excluding carboxylic acids is 1. The normalized spacial score (nSPS) is 14.7. The number of hydrogen-bond acceptors (Lipinski definition) is 4. The third-order valence-electron chi connectivity index (χ3n) is 2.24. The average molecular weight is 235 g/mol. The van der Waals surface area contributed by atoms with Crippen molar-refractivity contribution < 1.29 is 15.0 Å². The fraction of sp³-hybridized carbons (Fsp3) is 0.900. The lowest BCUT2D eigenvalue weighted by molar-refractivity contribution is -0.121. The first-order valence-electron chi connectivity index (χ1n) is 5.19. The molecule has 0 spiro atoms. The van der Waals surface area contributed by atoms with Gasteiger partial charge in [-0.3, -0.25) is 4.79 Å². The molecule has 90 valence electrons. The van der Waals surface area contributed by atoms with E-state index < -0.39 is 0 Å². The number of unbranched alkanes of at least 4 members (excludes halogenated alkanes) is 1. The van der Waals surface area contributed by atoms with Crippen molar-refractivity contribution in [3.05, 3.63) is 0 Å². The zero-order valence-electron chi connectivity index (χ0n) is 9.40. The van der Waals surface area contributed by atoms with Crippen molar-refractivity contribution >= 4 is 17.7 Å². The van der Waals surface area contributed by atoms with E-state index >= 15 is 0 Å². The molecule has 0 radical (unpaired) electrons. The van der Waals surface area contributed by atoms with E-state index in [2.05, 4.69) is 5.32 Å². The molecule has 0 saturated heterocycles. The number of nitrogens with one attached hydrogen (secondary N) is 1. The SMILES string of the molecule is CSC(CO)C(C)NC(=O)CCCCO. The summed E-state index contributed by atoms with van der Waals surface area (Å²) in [6, 6.07) is -0.0216. The monoisotopic (exact) mass is 235 g/mol. The maximum absolute atomic E-state index is 11.4. The molecule has 0 aliphatic carbocycles. The van der Waals surface area contributed by atoms with E-state index in [1.807, 2.05) is 13.2 Å². The van der Waals surface area contributed by atoms with Gasteiger partial charge in [0, 0.05) is 24.3 Å². The van der Waals surface area contributed by atoms with Crippen molar-refractivity contribution in [2.24, 2.45) is 0 Å². The van der Waals surface area contributed by atoms with Gasteiger partial charge in [-0.1, -0.05) is 0 Å². The first-order chi connectivity index (χ1) is 7.15. The van der Waals surface area contributed by atoms with E-state index in [-0.39, 0.29) is 30.4 Å². The van der Waals surface area contributed by atoms with Crippen molar-refractivity contribution in [2.75, 3.05) is 19.5 Å². The topological polar surface area (TPSA) is 69.6 Å². The summed E-state index contributed by atoms with van der Waals surface area (Å²) in [6.07, 6.45) is 3.72. The highest BCUT2D eigenvalue weighted by molar-refractivity contribution is 7.99. The predicted molar refractivity (Wildman–Crippen MR) is 62.9 cm³/mol. The molecule has 4 nitrogen and oxygen atoms in total. The van der Waals surface area contributed by atoms with Gasteiger partial charge in [0.25, 0.3) is 0 Å². The second-order valence-corrected chi connectivity index (χ2v) is 4.57. The van der Waals surface area contributed by atoms with E-state index in [1.165, 1.54) is 0 Å². The zero-order valence-corrected chi connectivity index (χ0v) is 10.2. The summed E-state index contributed by atoms with van der Waals surface area (Å²) in [4.78, 5) is 11.4. The Kier molecular flexibility index (Phi) is 8.85. The number of thioether (sulfide) groups is 1. The molecule has 0 aliphatic heterocycles. The summed E-state index contributed by atoms with van der Waals surface area (Å²) in [5, 5.41) is 20.5. The largest absolute Gasteiger partial charge is 0.396 e. The third-order valence-corrected chi connectivity index (χ3v) is 3.40. The van der Waals surface area contributed by atoms with Crippen molar-refractivity contribution in [1.82, 2.24) is 5.32 Å². The molecule has 0 aromatic carbocycles. The summed E-state index contributed by atoms with van der Waals surface area (Å²) in [5.41, 5.74) is 0. The Bertz CT molecular complexity index is 174. The molecule has 3 N–H and O–H groups in total. The number of hydrogen-bond donors (Lipinski definition) is 3. The lowest BCUT2D eigenvalue weighted by atomic mass is 10.2. The Morgan fingerprint density at radius 3 is 2.53 bits per heavy atom. The molecule has 0 aliphatic rings. The van der Waals surface area contributed by atoms with Gasteiger partial charge >= 0.3 is 0 Å². The predicted octanol–water partition coefficient (Wildman–Crippen LogP) is 0.378. The molecule has 0 aromatic heterocycles. The van der Waals surface area contributed by atoms with Gasteiger partial charge < -0.3 is 15.5 Å². The highest BCUT2D eigenvalue weighted by Crippen LogP contribution is 2.10. The van der Waals surface area contributed by atoms with Crippen LogP contribution in [0.5, 0.6) is 0 Å². The van der Waals surface area contributed by atoms with Crippen LogP contribution < -0.4 is 5.32 Å². The smallest absolute Gasteiger partial charge is 0.220 e. The van der Waals surface area contributed by atoms with Crippen LogP contribution in [0.1, 0.15) is 26.2 Å². The third kappa shape index (κ3) is 6.76. The lowest BCUT2D eigenvalue weighted by Crippen LogP contribution is -2.41. The Morgan fingerprint density at radius 1 is 1.40 bits per heavy atom. The quantitative estimate of drug-likeness (QED) is 0.532. The van der Waals surface area contributed by atoms with Gasteiger partial charge in [0.1, 0.15) is 0 Å². The van der Waals surface area contributed by atoms with Crippen molar-refractivity contribution in [2.45, 2.75) is 37.5 Å². The van der Waals surface area contributed by atoms with E-state index in [4.69, 9.17) is 10.2 Å². The van der Waals surface area contributed by atoms with Crippen LogP contribution in [0.3, 0.4) is 0 Å². The first kappa shape index (κ1) is 14.7. The maximum Gasteiger partial charge on any atom is 0.220 e. The summed E-state index contributed by atoms with van der Waals surface area (Å²) in [7, 11) is 0. The van der Waals surface area contributed by atoms with Gasteiger partial charge in [-0.15, -0.1) is 0 Å². The molecular formula is C10H21NO3S. The van der Waals surface area contributed by atoms with Crippen LogP contribution in [0, 0.1) is 0 Å². The molecule has 0 aromatic rings.